The van der Waals surface area contributed by atoms with Gasteiger partial charge in [0.15, 0.2) is 0 Å². The van der Waals surface area contributed by atoms with Gasteiger partial charge in [-0.3, -0.25) is 9.56 Å². The minimum Gasteiger partial charge on any atom is -0.307 e. The average molecular weight is 313 g/mol. The van der Waals surface area contributed by atoms with Crippen LogP contribution in [0.2, 0.25) is 0 Å². The molecule has 4 N–H and O–H groups in total. The Morgan fingerprint density at radius 1 is 1.19 bits per heavy atom. The van der Waals surface area contributed by atoms with Crippen molar-refractivity contribution >= 4 is 21.8 Å². The summed E-state index contributed by atoms with van der Waals surface area (Å²) < 4.78 is 30.7. The first-order chi connectivity index (χ1) is 9.88. The van der Waals surface area contributed by atoms with E-state index in [1.54, 1.807) is 0 Å². The first-order valence-corrected chi connectivity index (χ1v) is 8.24. The normalized spacial score (nSPS) is 16.5. The molecule has 1 aliphatic carbocycles. The summed E-state index contributed by atoms with van der Waals surface area (Å²) in [7, 11) is -4.23. The Morgan fingerprint density at radius 2 is 1.76 bits per heavy atom. The minimum atomic E-state index is -4.23. The molecule has 1 aromatic rings. The molecule has 0 radical (unpaired) electrons. The molecule has 0 bridgehead atoms. The van der Waals surface area contributed by atoms with Crippen LogP contribution in [0.15, 0.2) is 29.2 Å². The molecular formula is C13H19N3O4S. The minimum absolute atomic E-state index is 0.0378. The lowest BCUT2D eigenvalue weighted by molar-refractivity contribution is 0.169. The molecule has 0 spiro atoms. The number of hydrogen-bond donors (Lipinski definition) is 3. The molecule has 1 aromatic carbocycles. The van der Waals surface area contributed by atoms with Gasteiger partial charge in [0.05, 0.1) is 4.90 Å². The molecule has 0 atom stereocenters. The summed E-state index contributed by atoms with van der Waals surface area (Å²) >= 11 is 0. The third-order valence-corrected chi connectivity index (χ3v) is 4.47. The maximum atomic E-state index is 12.0. The van der Waals surface area contributed by atoms with E-state index in [0.717, 1.165) is 25.7 Å². The van der Waals surface area contributed by atoms with E-state index in [4.69, 9.17) is 10.4 Å². The van der Waals surface area contributed by atoms with Gasteiger partial charge in [-0.15, -0.1) is 0 Å². The van der Waals surface area contributed by atoms with Crippen LogP contribution in [0.25, 0.3) is 0 Å². The van der Waals surface area contributed by atoms with Crippen molar-refractivity contribution in [2.75, 3.05) is 5.32 Å². The van der Waals surface area contributed by atoms with E-state index in [-0.39, 0.29) is 10.9 Å². The Morgan fingerprint density at radius 3 is 2.29 bits per heavy atom. The summed E-state index contributed by atoms with van der Waals surface area (Å²) in [6.07, 6.45) is 5.09. The Labute approximate surface area is 123 Å². The standard InChI is InChI=1S/C13H19N3O4S/c14-16(11-4-2-1-3-5-11)13(17)15-10-6-8-12(9-7-10)21(18,19)20/h6-9,11H,1-5,14H2,(H,15,17)(H,18,19,20). The second-order valence-corrected chi connectivity index (χ2v) is 6.55. The van der Waals surface area contributed by atoms with Gasteiger partial charge in [-0.1, -0.05) is 19.3 Å². The molecular weight excluding hydrogens is 294 g/mol. The SMILES string of the molecule is NN(C(=O)Nc1ccc(S(=O)(=O)O)cc1)C1CCCCC1. The Hall–Kier alpha value is -1.64. The van der Waals surface area contributed by atoms with Gasteiger partial charge in [0.2, 0.25) is 0 Å². The van der Waals surface area contributed by atoms with E-state index in [1.807, 2.05) is 0 Å². The first-order valence-electron chi connectivity index (χ1n) is 6.80. The highest BCUT2D eigenvalue weighted by Gasteiger charge is 2.22. The lowest BCUT2D eigenvalue weighted by atomic mass is 9.95. The molecule has 1 aliphatic rings. The smallest absolute Gasteiger partial charge is 0.307 e. The van der Waals surface area contributed by atoms with Gasteiger partial charge in [-0.25, -0.2) is 10.6 Å². The predicted octanol–water partition coefficient (Wildman–Crippen LogP) is 1.97. The summed E-state index contributed by atoms with van der Waals surface area (Å²) in [5.74, 6) is 5.82. The van der Waals surface area contributed by atoms with Gasteiger partial charge in [0, 0.05) is 11.7 Å². The number of rotatable bonds is 3. The zero-order chi connectivity index (χ0) is 15.5. The van der Waals surface area contributed by atoms with Gasteiger partial charge < -0.3 is 5.32 Å². The molecule has 0 aliphatic heterocycles. The number of benzene rings is 1. The lowest BCUT2D eigenvalue weighted by Crippen LogP contribution is -2.48. The molecule has 116 valence electrons. The Bertz CT molecular complexity index is 594. The Kier molecular flexibility index (Phi) is 4.81. The van der Waals surface area contributed by atoms with Crippen molar-refractivity contribution in [2.45, 2.75) is 43.0 Å². The van der Waals surface area contributed by atoms with Crippen molar-refractivity contribution in [2.24, 2.45) is 5.84 Å². The maximum Gasteiger partial charge on any atom is 0.336 e. The van der Waals surface area contributed by atoms with Crippen LogP contribution in [-0.2, 0) is 10.1 Å². The fourth-order valence-electron chi connectivity index (χ4n) is 2.42. The lowest BCUT2D eigenvalue weighted by Gasteiger charge is -2.30. The summed E-state index contributed by atoms with van der Waals surface area (Å²) in [5.41, 5.74) is 0.415. The van der Waals surface area contributed by atoms with Crippen molar-refractivity contribution in [3.8, 4) is 0 Å². The van der Waals surface area contributed by atoms with Crippen LogP contribution in [0.3, 0.4) is 0 Å². The molecule has 0 heterocycles. The molecule has 1 saturated carbocycles. The predicted molar refractivity (Wildman–Crippen MR) is 78.2 cm³/mol. The van der Waals surface area contributed by atoms with Gasteiger partial charge in [0.1, 0.15) is 0 Å². The quantitative estimate of drug-likeness (QED) is 0.342. The number of nitrogens with two attached hydrogens (primary N) is 1. The Balaban J connectivity index is 1.99. The maximum absolute atomic E-state index is 12.0. The number of nitrogens with one attached hydrogen (secondary N) is 1. The molecule has 21 heavy (non-hydrogen) atoms. The van der Waals surface area contributed by atoms with Crippen molar-refractivity contribution in [3.63, 3.8) is 0 Å². The third-order valence-electron chi connectivity index (χ3n) is 3.61. The van der Waals surface area contributed by atoms with Gasteiger partial charge in [0.25, 0.3) is 10.1 Å². The average Bonchev–Trinajstić information content (AvgIpc) is 2.47. The summed E-state index contributed by atoms with van der Waals surface area (Å²) in [4.78, 5) is 11.8. The van der Waals surface area contributed by atoms with Crippen molar-refractivity contribution < 1.29 is 17.8 Å². The number of anilines is 1. The number of carbonyl (C=O) groups excluding carboxylic acids is 1. The number of carbonyl (C=O) groups is 1. The second-order valence-electron chi connectivity index (χ2n) is 5.13. The second kappa shape index (κ2) is 6.42. The van der Waals surface area contributed by atoms with Crippen LogP contribution in [0.5, 0.6) is 0 Å². The monoisotopic (exact) mass is 313 g/mol. The third kappa shape index (κ3) is 4.16. The summed E-state index contributed by atoms with van der Waals surface area (Å²) in [6.45, 7) is 0. The van der Waals surface area contributed by atoms with Gasteiger partial charge in [-0.05, 0) is 37.1 Å². The van der Waals surface area contributed by atoms with E-state index in [1.165, 1.54) is 35.7 Å². The summed E-state index contributed by atoms with van der Waals surface area (Å²) in [6, 6.07) is 4.84. The van der Waals surface area contributed by atoms with Crippen LogP contribution in [0.1, 0.15) is 32.1 Å². The molecule has 8 heteroatoms. The highest BCUT2D eigenvalue weighted by atomic mass is 32.2. The number of amides is 2. The molecule has 0 saturated heterocycles. The molecule has 0 unspecified atom stereocenters. The van der Waals surface area contributed by atoms with E-state index >= 15 is 0 Å². The topological polar surface area (TPSA) is 113 Å². The molecule has 1 fully saturated rings. The van der Waals surface area contributed by atoms with Crippen LogP contribution in [0, 0.1) is 0 Å². The van der Waals surface area contributed by atoms with Crippen molar-refractivity contribution in [1.82, 2.24) is 5.01 Å². The van der Waals surface area contributed by atoms with E-state index in [9.17, 15) is 13.2 Å². The fraction of sp³-hybridized carbons (Fsp3) is 0.462. The van der Waals surface area contributed by atoms with Crippen molar-refractivity contribution in [1.29, 1.82) is 0 Å². The highest BCUT2D eigenvalue weighted by molar-refractivity contribution is 7.85. The molecule has 0 aromatic heterocycles. The number of hydrazine groups is 1. The van der Waals surface area contributed by atoms with Crippen LogP contribution in [-0.4, -0.2) is 30.1 Å². The van der Waals surface area contributed by atoms with E-state index in [0.29, 0.717) is 5.69 Å². The summed E-state index contributed by atoms with van der Waals surface area (Å²) in [5, 5.41) is 3.81. The number of hydrogen-bond acceptors (Lipinski definition) is 4. The number of urea groups is 1. The molecule has 7 nitrogen and oxygen atoms in total. The fourth-order valence-corrected chi connectivity index (χ4v) is 2.90. The molecule has 2 amide bonds. The molecule has 2 rings (SSSR count). The number of nitrogens with zero attached hydrogens (tertiary/aromatic N) is 1. The first kappa shape index (κ1) is 15.7. The van der Waals surface area contributed by atoms with E-state index in [2.05, 4.69) is 5.32 Å². The van der Waals surface area contributed by atoms with Gasteiger partial charge in [-0.2, -0.15) is 8.42 Å². The zero-order valence-corrected chi connectivity index (χ0v) is 12.3. The van der Waals surface area contributed by atoms with Crippen LogP contribution < -0.4 is 11.2 Å². The van der Waals surface area contributed by atoms with Crippen molar-refractivity contribution in [3.05, 3.63) is 24.3 Å². The van der Waals surface area contributed by atoms with Gasteiger partial charge >= 0.3 is 6.03 Å². The van der Waals surface area contributed by atoms with Crippen LogP contribution in [0.4, 0.5) is 10.5 Å². The van der Waals surface area contributed by atoms with E-state index < -0.39 is 16.1 Å². The highest BCUT2D eigenvalue weighted by Crippen LogP contribution is 2.21. The van der Waals surface area contributed by atoms with Crippen LogP contribution >= 0.6 is 0 Å². The zero-order valence-electron chi connectivity index (χ0n) is 11.5. The largest absolute Gasteiger partial charge is 0.336 e.